The number of hydrogen-bond donors (Lipinski definition) is 1. The molecule has 0 aromatic heterocycles. The van der Waals surface area contributed by atoms with Crippen molar-refractivity contribution in [2.75, 3.05) is 23.7 Å². The second-order valence-corrected chi connectivity index (χ2v) is 11.0. The van der Waals surface area contributed by atoms with Gasteiger partial charge in [-0.25, -0.2) is 8.42 Å². The van der Waals surface area contributed by atoms with E-state index in [-0.39, 0.29) is 24.9 Å². The lowest BCUT2D eigenvalue weighted by Crippen LogP contribution is -2.52. The first kappa shape index (κ1) is 27.4. The maximum Gasteiger partial charge on any atom is 0.244 e. The Balaban J connectivity index is 2.42. The lowest BCUT2D eigenvalue weighted by Gasteiger charge is -2.33. The zero-order valence-electron chi connectivity index (χ0n) is 21.0. The topological polar surface area (TPSA) is 86.8 Å². The predicted molar refractivity (Wildman–Crippen MR) is 137 cm³/mol. The molecule has 34 heavy (non-hydrogen) atoms. The van der Waals surface area contributed by atoms with Crippen LogP contribution in [0.5, 0.6) is 0 Å². The van der Waals surface area contributed by atoms with E-state index in [2.05, 4.69) is 5.32 Å². The molecule has 1 N–H and O–H groups in total. The number of carbonyl (C=O) groups is 2. The summed E-state index contributed by atoms with van der Waals surface area (Å²) in [5.41, 5.74) is 3.15. The van der Waals surface area contributed by atoms with Gasteiger partial charge in [0.25, 0.3) is 0 Å². The summed E-state index contributed by atoms with van der Waals surface area (Å²) >= 11 is 0. The highest BCUT2D eigenvalue weighted by molar-refractivity contribution is 7.92. The molecule has 2 rings (SSSR count). The standard InChI is InChI=1S/C26H37N3O4S/c1-7-23(26(31)27-16-19(2)3)28(17-22-14-12-20(4)13-15-22)25(30)18-29(34(6,32)33)24-11-9-8-10-21(24)5/h8-15,19,23H,7,16-18H2,1-6H3,(H,27,31)/t23-/m0/s1. The molecular formula is C26H37N3O4S. The van der Waals surface area contributed by atoms with Crippen molar-refractivity contribution in [1.82, 2.24) is 10.2 Å². The number of benzene rings is 2. The molecule has 0 heterocycles. The third-order valence-corrected chi connectivity index (χ3v) is 6.73. The number of nitrogens with one attached hydrogen (secondary N) is 1. The number of nitrogens with zero attached hydrogens (tertiary/aromatic N) is 2. The van der Waals surface area contributed by atoms with Crippen LogP contribution in [0.1, 0.15) is 43.9 Å². The van der Waals surface area contributed by atoms with Crippen molar-refractivity contribution in [2.45, 2.75) is 53.6 Å². The SMILES string of the molecule is CC[C@@H](C(=O)NCC(C)C)N(Cc1ccc(C)cc1)C(=O)CN(c1ccccc1C)S(C)(=O)=O. The largest absolute Gasteiger partial charge is 0.354 e. The Bertz CT molecular complexity index is 1080. The average Bonchev–Trinajstić information content (AvgIpc) is 2.77. The first-order chi connectivity index (χ1) is 15.9. The average molecular weight is 488 g/mol. The monoisotopic (exact) mass is 487 g/mol. The van der Waals surface area contributed by atoms with Crippen LogP contribution in [0.4, 0.5) is 5.69 Å². The van der Waals surface area contributed by atoms with Crippen molar-refractivity contribution in [3.8, 4) is 0 Å². The highest BCUT2D eigenvalue weighted by atomic mass is 32.2. The van der Waals surface area contributed by atoms with Gasteiger partial charge in [-0.1, -0.05) is 68.8 Å². The van der Waals surface area contributed by atoms with E-state index < -0.39 is 22.0 Å². The minimum Gasteiger partial charge on any atom is -0.354 e. The molecule has 0 aliphatic rings. The lowest BCUT2D eigenvalue weighted by molar-refractivity contribution is -0.140. The van der Waals surface area contributed by atoms with Gasteiger partial charge < -0.3 is 10.2 Å². The number of hydrogen-bond acceptors (Lipinski definition) is 4. The molecule has 8 heteroatoms. The van der Waals surface area contributed by atoms with Gasteiger partial charge in [0.05, 0.1) is 11.9 Å². The van der Waals surface area contributed by atoms with Crippen LogP contribution < -0.4 is 9.62 Å². The second-order valence-electron chi connectivity index (χ2n) is 9.13. The molecule has 0 aliphatic heterocycles. The summed E-state index contributed by atoms with van der Waals surface area (Å²) in [6, 6.07) is 14.1. The van der Waals surface area contributed by atoms with E-state index in [0.29, 0.717) is 18.7 Å². The Hall–Kier alpha value is -2.87. The Kier molecular flexibility index (Phi) is 9.67. The van der Waals surface area contributed by atoms with Gasteiger partial charge in [0.2, 0.25) is 21.8 Å². The highest BCUT2D eigenvalue weighted by Gasteiger charge is 2.32. The number of para-hydroxylation sites is 1. The maximum atomic E-state index is 13.6. The third-order valence-electron chi connectivity index (χ3n) is 5.61. The van der Waals surface area contributed by atoms with Gasteiger partial charge in [0.1, 0.15) is 12.6 Å². The van der Waals surface area contributed by atoms with E-state index in [9.17, 15) is 18.0 Å². The van der Waals surface area contributed by atoms with Gasteiger partial charge in [-0.15, -0.1) is 0 Å². The van der Waals surface area contributed by atoms with Gasteiger partial charge in [-0.05, 0) is 43.4 Å². The van der Waals surface area contributed by atoms with Gasteiger partial charge in [0, 0.05) is 13.1 Å². The molecule has 0 aliphatic carbocycles. The van der Waals surface area contributed by atoms with E-state index in [1.54, 1.807) is 25.1 Å². The van der Waals surface area contributed by atoms with Crippen LogP contribution >= 0.6 is 0 Å². The van der Waals surface area contributed by atoms with Gasteiger partial charge in [0.15, 0.2) is 0 Å². The van der Waals surface area contributed by atoms with E-state index >= 15 is 0 Å². The Labute approximate surface area is 204 Å². The van der Waals surface area contributed by atoms with Gasteiger partial charge in [-0.2, -0.15) is 0 Å². The van der Waals surface area contributed by atoms with Crippen LogP contribution in [-0.4, -0.2) is 50.5 Å². The molecule has 186 valence electrons. The first-order valence-electron chi connectivity index (χ1n) is 11.6. The van der Waals surface area contributed by atoms with Crippen LogP contribution in [0.15, 0.2) is 48.5 Å². The van der Waals surface area contributed by atoms with Crippen LogP contribution in [0.3, 0.4) is 0 Å². The van der Waals surface area contributed by atoms with Crippen LogP contribution in [0.25, 0.3) is 0 Å². The second kappa shape index (κ2) is 12.0. The summed E-state index contributed by atoms with van der Waals surface area (Å²) in [6.45, 7) is 9.96. The summed E-state index contributed by atoms with van der Waals surface area (Å²) < 4.78 is 26.4. The van der Waals surface area contributed by atoms with Gasteiger partial charge in [-0.3, -0.25) is 13.9 Å². The maximum absolute atomic E-state index is 13.6. The number of rotatable bonds is 11. The Morgan fingerprint density at radius 3 is 2.15 bits per heavy atom. The summed E-state index contributed by atoms with van der Waals surface area (Å²) in [5.74, 6) is -0.399. The Morgan fingerprint density at radius 1 is 1.00 bits per heavy atom. The van der Waals surface area contributed by atoms with Crippen LogP contribution in [0.2, 0.25) is 0 Å². The molecular weight excluding hydrogens is 450 g/mol. The molecule has 0 spiro atoms. The molecule has 0 radical (unpaired) electrons. The summed E-state index contributed by atoms with van der Waals surface area (Å²) in [4.78, 5) is 28.2. The molecule has 0 unspecified atom stereocenters. The number of carbonyl (C=O) groups excluding carboxylic acids is 2. The van der Waals surface area contributed by atoms with Crippen molar-refractivity contribution in [3.05, 3.63) is 65.2 Å². The molecule has 2 aromatic carbocycles. The van der Waals surface area contributed by atoms with Crippen molar-refractivity contribution >= 4 is 27.5 Å². The minimum atomic E-state index is -3.74. The van der Waals surface area contributed by atoms with Crippen molar-refractivity contribution in [1.29, 1.82) is 0 Å². The first-order valence-corrected chi connectivity index (χ1v) is 13.4. The zero-order chi connectivity index (χ0) is 25.5. The molecule has 0 fully saturated rings. The van der Waals surface area contributed by atoms with E-state index in [1.165, 1.54) is 4.90 Å². The van der Waals surface area contributed by atoms with Crippen LogP contribution in [0, 0.1) is 19.8 Å². The fourth-order valence-electron chi connectivity index (χ4n) is 3.67. The molecule has 1 atom stereocenters. The highest BCUT2D eigenvalue weighted by Crippen LogP contribution is 2.23. The third kappa shape index (κ3) is 7.58. The Morgan fingerprint density at radius 2 is 1.62 bits per heavy atom. The van der Waals surface area contributed by atoms with E-state index in [1.807, 2.05) is 58.0 Å². The number of amides is 2. The summed E-state index contributed by atoms with van der Waals surface area (Å²) in [6.07, 6.45) is 1.49. The molecule has 2 amide bonds. The van der Waals surface area contributed by atoms with Crippen molar-refractivity contribution in [2.24, 2.45) is 5.92 Å². The number of sulfonamides is 1. The fourth-order valence-corrected chi connectivity index (χ4v) is 4.58. The van der Waals surface area contributed by atoms with Crippen LogP contribution in [-0.2, 0) is 26.2 Å². The van der Waals surface area contributed by atoms with E-state index in [4.69, 9.17) is 0 Å². The summed E-state index contributed by atoms with van der Waals surface area (Å²) in [7, 11) is -3.74. The predicted octanol–water partition coefficient (Wildman–Crippen LogP) is 3.65. The number of aryl methyl sites for hydroxylation is 2. The minimum absolute atomic E-state index is 0.206. The normalized spacial score (nSPS) is 12.3. The fraction of sp³-hybridized carbons (Fsp3) is 0.462. The lowest BCUT2D eigenvalue weighted by atomic mass is 10.1. The smallest absolute Gasteiger partial charge is 0.244 e. The molecule has 0 saturated heterocycles. The summed E-state index contributed by atoms with van der Waals surface area (Å²) in [5, 5.41) is 2.92. The number of anilines is 1. The van der Waals surface area contributed by atoms with E-state index in [0.717, 1.165) is 27.3 Å². The molecule has 2 aromatic rings. The van der Waals surface area contributed by atoms with Crippen molar-refractivity contribution in [3.63, 3.8) is 0 Å². The molecule has 0 bridgehead atoms. The zero-order valence-corrected chi connectivity index (χ0v) is 21.9. The van der Waals surface area contributed by atoms with Gasteiger partial charge >= 0.3 is 0 Å². The quantitative estimate of drug-likeness (QED) is 0.524. The molecule has 7 nitrogen and oxygen atoms in total. The van der Waals surface area contributed by atoms with Crippen molar-refractivity contribution < 1.29 is 18.0 Å². The molecule has 0 saturated carbocycles.